The lowest BCUT2D eigenvalue weighted by atomic mass is 10.1. The highest BCUT2D eigenvalue weighted by atomic mass is 16.5. The summed E-state index contributed by atoms with van der Waals surface area (Å²) in [6.07, 6.45) is 8.64. The highest BCUT2D eigenvalue weighted by Crippen LogP contribution is 2.28. The molecule has 0 amide bonds. The minimum absolute atomic E-state index is 0.384. The van der Waals surface area contributed by atoms with Crippen molar-refractivity contribution in [3.05, 3.63) is 36.0 Å². The smallest absolute Gasteiger partial charge is 0.119 e. The van der Waals surface area contributed by atoms with Crippen LogP contribution in [0.2, 0.25) is 0 Å². The summed E-state index contributed by atoms with van der Waals surface area (Å²) < 4.78 is 5.95. The summed E-state index contributed by atoms with van der Waals surface area (Å²) in [5.74, 6) is 1.62. The van der Waals surface area contributed by atoms with Crippen molar-refractivity contribution in [3.63, 3.8) is 0 Å². The van der Waals surface area contributed by atoms with E-state index < -0.39 is 0 Å². The number of piperidine rings is 1. The molecule has 26 heavy (non-hydrogen) atoms. The van der Waals surface area contributed by atoms with Crippen LogP contribution in [0.3, 0.4) is 0 Å². The Morgan fingerprint density at radius 3 is 2.54 bits per heavy atom. The van der Waals surface area contributed by atoms with Gasteiger partial charge in [0.25, 0.3) is 0 Å². The van der Waals surface area contributed by atoms with Gasteiger partial charge in [0, 0.05) is 18.3 Å². The largest absolute Gasteiger partial charge is 0.494 e. The van der Waals surface area contributed by atoms with Gasteiger partial charge in [-0.2, -0.15) is 0 Å². The lowest BCUT2D eigenvalue weighted by molar-refractivity contribution is 0.205. The van der Waals surface area contributed by atoms with E-state index in [0.29, 0.717) is 12.0 Å². The third-order valence-corrected chi connectivity index (χ3v) is 5.11. The molecular weight excluding hydrogens is 322 g/mol. The van der Waals surface area contributed by atoms with E-state index in [1.807, 2.05) is 0 Å². The van der Waals surface area contributed by atoms with Crippen LogP contribution >= 0.6 is 0 Å². The standard InChI is InChI=1S/C22H35N3O/c1-18(2)16-21-17-19(3)23-25(21)20-8-10-22(11-9-20)26-15-7-14-24-12-5-4-6-13-24/h8-11,17-19,23H,4-7,12-16H2,1-3H3. The zero-order valence-electron chi connectivity index (χ0n) is 16.7. The molecule has 0 spiro atoms. The molecule has 0 bridgehead atoms. The number of ether oxygens (including phenoxy) is 1. The van der Waals surface area contributed by atoms with Crippen LogP contribution < -0.4 is 15.2 Å². The Morgan fingerprint density at radius 1 is 1.12 bits per heavy atom. The number of benzene rings is 1. The SMILES string of the molecule is CC(C)CC1=CC(C)NN1c1ccc(OCCCN2CCCCC2)cc1. The molecule has 0 radical (unpaired) electrons. The van der Waals surface area contributed by atoms with Gasteiger partial charge in [0.15, 0.2) is 0 Å². The molecule has 1 fully saturated rings. The molecule has 4 nitrogen and oxygen atoms in total. The predicted octanol–water partition coefficient (Wildman–Crippen LogP) is 4.58. The molecule has 1 saturated heterocycles. The summed E-state index contributed by atoms with van der Waals surface area (Å²) in [5, 5.41) is 2.23. The van der Waals surface area contributed by atoms with Gasteiger partial charge in [-0.3, -0.25) is 5.01 Å². The first-order chi connectivity index (χ1) is 12.6. The highest BCUT2D eigenvalue weighted by Gasteiger charge is 2.21. The van der Waals surface area contributed by atoms with Gasteiger partial charge in [0.05, 0.1) is 12.3 Å². The van der Waals surface area contributed by atoms with E-state index in [1.165, 1.54) is 43.7 Å². The molecule has 1 N–H and O–H groups in total. The number of anilines is 1. The molecule has 144 valence electrons. The Balaban J connectivity index is 1.46. The summed E-state index contributed by atoms with van der Waals surface area (Å²) >= 11 is 0. The molecule has 0 aliphatic carbocycles. The van der Waals surface area contributed by atoms with Crippen molar-refractivity contribution >= 4 is 5.69 Å². The average molecular weight is 358 g/mol. The zero-order valence-corrected chi connectivity index (χ0v) is 16.7. The molecule has 1 atom stereocenters. The van der Waals surface area contributed by atoms with Gasteiger partial charge in [-0.25, -0.2) is 5.43 Å². The summed E-state index contributed by atoms with van der Waals surface area (Å²) in [6, 6.07) is 8.87. The van der Waals surface area contributed by atoms with Crippen molar-refractivity contribution in [3.8, 4) is 5.75 Å². The third-order valence-electron chi connectivity index (χ3n) is 5.11. The number of hydrazine groups is 1. The summed E-state index contributed by atoms with van der Waals surface area (Å²) in [4.78, 5) is 2.57. The minimum atomic E-state index is 0.384. The molecule has 1 aromatic carbocycles. The molecule has 3 rings (SSSR count). The van der Waals surface area contributed by atoms with Gasteiger partial charge in [-0.05, 0) is 82.0 Å². The van der Waals surface area contributed by atoms with E-state index in [4.69, 9.17) is 4.74 Å². The van der Waals surface area contributed by atoms with Crippen LogP contribution in [0.1, 0.15) is 52.9 Å². The van der Waals surface area contributed by atoms with Crippen molar-refractivity contribution in [2.75, 3.05) is 31.3 Å². The number of allylic oxidation sites excluding steroid dienone is 1. The number of nitrogens with one attached hydrogen (secondary N) is 1. The fourth-order valence-corrected chi connectivity index (χ4v) is 3.86. The lowest BCUT2D eigenvalue weighted by Crippen LogP contribution is -2.36. The van der Waals surface area contributed by atoms with Crippen molar-refractivity contribution in [2.24, 2.45) is 5.92 Å². The topological polar surface area (TPSA) is 27.7 Å². The van der Waals surface area contributed by atoms with Crippen molar-refractivity contribution in [1.29, 1.82) is 0 Å². The second-order valence-corrected chi connectivity index (χ2v) is 8.11. The predicted molar refractivity (Wildman–Crippen MR) is 109 cm³/mol. The molecule has 4 heteroatoms. The maximum Gasteiger partial charge on any atom is 0.119 e. The van der Waals surface area contributed by atoms with Crippen LogP contribution in [0.5, 0.6) is 5.75 Å². The fraction of sp³-hybridized carbons (Fsp3) is 0.636. The Bertz CT molecular complexity index is 576. The van der Waals surface area contributed by atoms with Gasteiger partial charge >= 0.3 is 0 Å². The van der Waals surface area contributed by atoms with Crippen LogP contribution in [0, 0.1) is 5.92 Å². The normalized spacial score (nSPS) is 21.3. The first-order valence-electron chi connectivity index (χ1n) is 10.3. The van der Waals surface area contributed by atoms with Gasteiger partial charge in [0.2, 0.25) is 0 Å². The second kappa shape index (κ2) is 9.43. The first-order valence-corrected chi connectivity index (χ1v) is 10.3. The van der Waals surface area contributed by atoms with Crippen molar-refractivity contribution < 1.29 is 4.74 Å². The van der Waals surface area contributed by atoms with E-state index in [9.17, 15) is 0 Å². The van der Waals surface area contributed by atoms with Gasteiger partial charge < -0.3 is 9.64 Å². The van der Waals surface area contributed by atoms with Crippen molar-refractivity contribution in [1.82, 2.24) is 10.3 Å². The van der Waals surface area contributed by atoms with Crippen LogP contribution in [0.15, 0.2) is 36.0 Å². The fourth-order valence-electron chi connectivity index (χ4n) is 3.86. The van der Waals surface area contributed by atoms with Gasteiger partial charge in [-0.1, -0.05) is 20.3 Å². The second-order valence-electron chi connectivity index (χ2n) is 8.11. The van der Waals surface area contributed by atoms with Crippen molar-refractivity contribution in [2.45, 2.75) is 58.9 Å². The molecule has 2 aliphatic rings. The van der Waals surface area contributed by atoms with E-state index in [-0.39, 0.29) is 0 Å². The molecule has 0 aromatic heterocycles. The molecular formula is C22H35N3O. The Hall–Kier alpha value is -1.52. The van der Waals surface area contributed by atoms with Crippen LogP contribution in [0.25, 0.3) is 0 Å². The van der Waals surface area contributed by atoms with Crippen LogP contribution in [-0.4, -0.2) is 37.2 Å². The summed E-state index contributed by atoms with van der Waals surface area (Å²) in [5.41, 5.74) is 6.07. The van der Waals surface area contributed by atoms with Crippen LogP contribution in [0.4, 0.5) is 5.69 Å². The third kappa shape index (κ3) is 5.49. The molecule has 2 aliphatic heterocycles. The number of likely N-dealkylation sites (tertiary alicyclic amines) is 1. The Kier molecular flexibility index (Phi) is 6.98. The number of nitrogens with zero attached hydrogens (tertiary/aromatic N) is 2. The Labute approximate surface area is 159 Å². The van der Waals surface area contributed by atoms with E-state index >= 15 is 0 Å². The maximum absolute atomic E-state index is 5.95. The molecule has 0 saturated carbocycles. The van der Waals surface area contributed by atoms with E-state index in [1.54, 1.807) is 0 Å². The van der Waals surface area contributed by atoms with Crippen LogP contribution in [-0.2, 0) is 0 Å². The van der Waals surface area contributed by atoms with E-state index in [2.05, 4.69) is 66.4 Å². The lowest BCUT2D eigenvalue weighted by Gasteiger charge is -2.26. The number of rotatable bonds is 8. The van der Waals surface area contributed by atoms with Gasteiger partial charge in [0.1, 0.15) is 5.75 Å². The number of hydrogen-bond acceptors (Lipinski definition) is 4. The minimum Gasteiger partial charge on any atom is -0.494 e. The summed E-state index contributed by atoms with van der Waals surface area (Å²) in [6.45, 7) is 11.2. The quantitative estimate of drug-likeness (QED) is 0.689. The first kappa shape index (κ1) is 19.2. The number of hydrogen-bond donors (Lipinski definition) is 1. The molecule has 1 aromatic rings. The summed E-state index contributed by atoms with van der Waals surface area (Å²) in [7, 11) is 0. The highest BCUT2D eigenvalue weighted by molar-refractivity contribution is 5.54. The monoisotopic (exact) mass is 357 g/mol. The van der Waals surface area contributed by atoms with E-state index in [0.717, 1.165) is 31.7 Å². The van der Waals surface area contributed by atoms with Gasteiger partial charge in [-0.15, -0.1) is 0 Å². The maximum atomic E-state index is 5.95. The molecule has 1 unspecified atom stereocenters. The molecule has 2 heterocycles. The Morgan fingerprint density at radius 2 is 1.85 bits per heavy atom. The zero-order chi connectivity index (χ0) is 18.4. The average Bonchev–Trinajstić information content (AvgIpc) is 2.99.